The van der Waals surface area contributed by atoms with E-state index in [2.05, 4.69) is 6.58 Å². The van der Waals surface area contributed by atoms with Crippen LogP contribution in [0.1, 0.15) is 68.7 Å². The minimum atomic E-state index is -1.38. The Morgan fingerprint density at radius 2 is 1.38 bits per heavy atom. The number of ether oxygens (including phenoxy) is 5. The van der Waals surface area contributed by atoms with Gasteiger partial charge in [-0.05, 0) is 67.9 Å². The molecule has 39 heavy (non-hydrogen) atoms. The molecule has 0 radical (unpaired) electrons. The molecular formula is C30H40O9. The van der Waals surface area contributed by atoms with Crippen LogP contribution in [0.3, 0.4) is 0 Å². The third kappa shape index (κ3) is 6.09. The Labute approximate surface area is 230 Å². The standard InChI is InChI=1S/C30H40O9/c1-11-15(4)26(32)35-19(14-20-29(8,9)38-20)18(7)21-22(36-27(33)16(5)12-2)24(31)30(10)25(39-30)23(21)37-28(34)17(6)13-3/h11-13,19-23,25H,7,14H2,1-6,8-10H3/b15-11-,16-12-,17-13-. The quantitative estimate of drug-likeness (QED) is 0.132. The van der Waals surface area contributed by atoms with E-state index >= 15 is 0 Å². The van der Waals surface area contributed by atoms with Gasteiger partial charge in [0, 0.05) is 23.1 Å². The lowest BCUT2D eigenvalue weighted by atomic mass is 9.72. The molecule has 0 aromatic rings. The molecule has 7 atom stereocenters. The molecule has 2 aliphatic heterocycles. The van der Waals surface area contributed by atoms with Crippen LogP contribution in [0.2, 0.25) is 0 Å². The van der Waals surface area contributed by atoms with Gasteiger partial charge in [0.25, 0.3) is 0 Å². The van der Waals surface area contributed by atoms with Gasteiger partial charge in [0.15, 0.2) is 11.7 Å². The SMILES string of the molecule is C=C(C(CC1OC1(C)C)OC(=O)/C(C)=C\C)C1C(OC(=O)/C(C)=C\C)C(=O)C2(C)OC2C1OC(=O)/C(C)=C\C. The second kappa shape index (κ2) is 11.2. The molecular weight excluding hydrogens is 504 g/mol. The second-order valence-corrected chi connectivity index (χ2v) is 11.1. The molecule has 0 N–H and O–H groups in total. The summed E-state index contributed by atoms with van der Waals surface area (Å²) in [4.78, 5) is 52.3. The van der Waals surface area contributed by atoms with E-state index in [0.717, 1.165) is 0 Å². The van der Waals surface area contributed by atoms with E-state index < -0.39 is 65.2 Å². The average Bonchev–Trinajstić information content (AvgIpc) is 3.77. The van der Waals surface area contributed by atoms with Crippen molar-refractivity contribution in [3.05, 3.63) is 47.1 Å². The van der Waals surface area contributed by atoms with Gasteiger partial charge in [0.2, 0.25) is 5.78 Å². The molecule has 1 saturated carbocycles. The highest BCUT2D eigenvalue weighted by Gasteiger charge is 2.72. The van der Waals surface area contributed by atoms with Crippen LogP contribution in [0.15, 0.2) is 47.1 Å². The van der Waals surface area contributed by atoms with Crippen LogP contribution < -0.4 is 0 Å². The number of esters is 3. The van der Waals surface area contributed by atoms with E-state index in [1.807, 2.05) is 13.8 Å². The number of rotatable bonds is 10. The first-order chi connectivity index (χ1) is 18.1. The Kier molecular flexibility index (Phi) is 8.77. The Morgan fingerprint density at radius 1 is 0.897 bits per heavy atom. The van der Waals surface area contributed by atoms with Crippen LogP contribution in [0.25, 0.3) is 0 Å². The fourth-order valence-corrected chi connectivity index (χ4v) is 4.63. The molecule has 9 heteroatoms. The van der Waals surface area contributed by atoms with Gasteiger partial charge in [-0.3, -0.25) is 4.79 Å². The number of hydrogen-bond acceptors (Lipinski definition) is 9. The molecule has 7 unspecified atom stereocenters. The lowest BCUT2D eigenvalue weighted by Crippen LogP contribution is -2.56. The third-order valence-corrected chi connectivity index (χ3v) is 8.01. The highest BCUT2D eigenvalue weighted by Crippen LogP contribution is 2.52. The Hall–Kier alpha value is -3.04. The topological polar surface area (TPSA) is 121 Å². The number of hydrogen-bond donors (Lipinski definition) is 0. The van der Waals surface area contributed by atoms with E-state index in [-0.39, 0.29) is 18.1 Å². The Morgan fingerprint density at radius 3 is 1.87 bits per heavy atom. The first kappa shape index (κ1) is 30.5. The van der Waals surface area contributed by atoms with Crippen molar-refractivity contribution in [1.29, 1.82) is 0 Å². The van der Waals surface area contributed by atoms with E-state index in [4.69, 9.17) is 23.7 Å². The van der Waals surface area contributed by atoms with Crippen LogP contribution in [0, 0.1) is 5.92 Å². The minimum Gasteiger partial charge on any atom is -0.455 e. The fraction of sp³-hybridized carbons (Fsp3) is 0.600. The normalized spacial score (nSPS) is 32.5. The van der Waals surface area contributed by atoms with Gasteiger partial charge < -0.3 is 23.7 Å². The maximum atomic E-state index is 13.7. The molecule has 1 aliphatic carbocycles. The van der Waals surface area contributed by atoms with Gasteiger partial charge in [0.05, 0.1) is 17.6 Å². The highest BCUT2D eigenvalue weighted by atomic mass is 16.7. The molecule has 2 heterocycles. The van der Waals surface area contributed by atoms with Crippen molar-refractivity contribution in [2.75, 3.05) is 0 Å². The molecule has 3 aliphatic rings. The number of Topliss-reactive ketones (excluding diaryl/α,β-unsaturated/α-hetero) is 1. The Bertz CT molecular complexity index is 1160. The predicted molar refractivity (Wildman–Crippen MR) is 142 cm³/mol. The van der Waals surface area contributed by atoms with Gasteiger partial charge in [-0.25, -0.2) is 14.4 Å². The number of ketones is 1. The summed E-state index contributed by atoms with van der Waals surface area (Å²) in [6.07, 6.45) is 0.713. The predicted octanol–water partition coefficient (Wildman–Crippen LogP) is 4.10. The molecule has 3 rings (SSSR count). The number of fused-ring (bicyclic) bond motifs is 1. The summed E-state index contributed by atoms with van der Waals surface area (Å²) < 4.78 is 29.1. The summed E-state index contributed by atoms with van der Waals surface area (Å²) >= 11 is 0. The molecule has 0 spiro atoms. The summed E-state index contributed by atoms with van der Waals surface area (Å²) in [6.45, 7) is 19.6. The maximum Gasteiger partial charge on any atom is 0.334 e. The van der Waals surface area contributed by atoms with Crippen molar-refractivity contribution in [1.82, 2.24) is 0 Å². The Balaban J connectivity index is 2.06. The largest absolute Gasteiger partial charge is 0.455 e. The zero-order chi connectivity index (χ0) is 29.4. The molecule has 3 fully saturated rings. The van der Waals surface area contributed by atoms with Gasteiger partial charge in [-0.1, -0.05) is 24.8 Å². The number of carbonyl (C=O) groups is 4. The first-order valence-corrected chi connectivity index (χ1v) is 13.2. The smallest absolute Gasteiger partial charge is 0.334 e. The maximum absolute atomic E-state index is 13.7. The van der Waals surface area contributed by atoms with Crippen molar-refractivity contribution in [2.24, 2.45) is 5.92 Å². The molecule has 0 bridgehead atoms. The average molecular weight is 545 g/mol. The molecule has 2 saturated heterocycles. The molecule has 0 amide bonds. The van der Waals surface area contributed by atoms with Gasteiger partial charge in [-0.15, -0.1) is 0 Å². The summed E-state index contributed by atoms with van der Waals surface area (Å²) in [7, 11) is 0. The van der Waals surface area contributed by atoms with Crippen molar-refractivity contribution >= 4 is 23.7 Å². The highest BCUT2D eigenvalue weighted by molar-refractivity contribution is 5.99. The molecule has 0 aromatic carbocycles. The van der Waals surface area contributed by atoms with Crippen LogP contribution in [0.4, 0.5) is 0 Å². The monoisotopic (exact) mass is 544 g/mol. The number of allylic oxidation sites excluding steroid dienone is 3. The van der Waals surface area contributed by atoms with Gasteiger partial charge in [0.1, 0.15) is 18.3 Å². The summed E-state index contributed by atoms with van der Waals surface area (Å²) in [5.41, 5.74) is -0.400. The summed E-state index contributed by atoms with van der Waals surface area (Å²) in [5, 5.41) is 0. The van der Waals surface area contributed by atoms with Crippen LogP contribution >= 0.6 is 0 Å². The number of epoxide rings is 2. The van der Waals surface area contributed by atoms with Crippen molar-refractivity contribution < 1.29 is 42.9 Å². The van der Waals surface area contributed by atoms with Crippen LogP contribution in [-0.4, -0.2) is 65.4 Å². The van der Waals surface area contributed by atoms with Crippen molar-refractivity contribution in [3.8, 4) is 0 Å². The summed E-state index contributed by atoms with van der Waals surface area (Å²) in [5.74, 6) is -3.37. The van der Waals surface area contributed by atoms with E-state index in [1.165, 1.54) is 0 Å². The zero-order valence-electron chi connectivity index (χ0n) is 24.3. The third-order valence-electron chi connectivity index (χ3n) is 8.01. The van der Waals surface area contributed by atoms with Crippen LogP contribution in [0.5, 0.6) is 0 Å². The minimum absolute atomic E-state index is 0.239. The lowest BCUT2D eigenvalue weighted by Gasteiger charge is -2.39. The molecule has 0 aromatic heterocycles. The molecule has 9 nitrogen and oxygen atoms in total. The second-order valence-electron chi connectivity index (χ2n) is 11.1. The van der Waals surface area contributed by atoms with E-state index in [9.17, 15) is 19.2 Å². The summed E-state index contributed by atoms with van der Waals surface area (Å²) in [6, 6.07) is 0. The van der Waals surface area contributed by atoms with E-state index in [1.54, 1.807) is 66.7 Å². The van der Waals surface area contributed by atoms with Gasteiger partial charge >= 0.3 is 17.9 Å². The lowest BCUT2D eigenvalue weighted by molar-refractivity contribution is -0.167. The van der Waals surface area contributed by atoms with Crippen molar-refractivity contribution in [2.45, 2.75) is 110 Å². The zero-order valence-corrected chi connectivity index (χ0v) is 24.3. The van der Waals surface area contributed by atoms with Crippen LogP contribution in [-0.2, 0) is 42.9 Å². The van der Waals surface area contributed by atoms with E-state index in [0.29, 0.717) is 16.7 Å². The first-order valence-electron chi connectivity index (χ1n) is 13.2. The fourth-order valence-electron chi connectivity index (χ4n) is 4.63. The van der Waals surface area contributed by atoms with Gasteiger partial charge in [-0.2, -0.15) is 0 Å². The number of carbonyl (C=O) groups excluding carboxylic acids is 4. The molecule has 214 valence electrons. The van der Waals surface area contributed by atoms with Crippen molar-refractivity contribution in [3.63, 3.8) is 0 Å².